The minimum Gasteiger partial charge on any atom is -0.481 e. The zero-order valence-electron chi connectivity index (χ0n) is 9.04. The van der Waals surface area contributed by atoms with E-state index in [1.165, 1.54) is 0 Å². The molecule has 1 rings (SSSR count). The molecule has 0 saturated carbocycles. The molecular formula is C11H11F2NO3. The maximum Gasteiger partial charge on any atom is 0.316 e. The predicted molar refractivity (Wildman–Crippen MR) is 56.4 cm³/mol. The zero-order chi connectivity index (χ0) is 13.0. The van der Waals surface area contributed by atoms with Crippen molar-refractivity contribution in [1.29, 1.82) is 0 Å². The summed E-state index contributed by atoms with van der Waals surface area (Å²) in [6.45, 7) is 1.55. The molecular weight excluding hydrogens is 232 g/mol. The van der Waals surface area contributed by atoms with E-state index in [2.05, 4.69) is 5.32 Å². The minimum absolute atomic E-state index is 0.0219. The summed E-state index contributed by atoms with van der Waals surface area (Å²) in [5.74, 6) is -5.36. The maximum absolute atomic E-state index is 12.8. The highest BCUT2D eigenvalue weighted by atomic mass is 19.2. The average molecular weight is 243 g/mol. The second-order valence-corrected chi connectivity index (χ2v) is 3.42. The van der Waals surface area contributed by atoms with Gasteiger partial charge in [0.15, 0.2) is 11.6 Å². The number of halogens is 2. The van der Waals surface area contributed by atoms with Gasteiger partial charge in [0.2, 0.25) is 5.91 Å². The van der Waals surface area contributed by atoms with Crippen LogP contribution in [0, 0.1) is 17.6 Å². The molecule has 0 aliphatic rings. The van der Waals surface area contributed by atoms with Crippen LogP contribution in [-0.2, 0) is 9.59 Å². The third-order valence-corrected chi connectivity index (χ3v) is 2.21. The summed E-state index contributed by atoms with van der Waals surface area (Å²) in [4.78, 5) is 22.2. The van der Waals surface area contributed by atoms with Crippen molar-refractivity contribution in [2.24, 2.45) is 5.92 Å². The molecule has 0 saturated heterocycles. The van der Waals surface area contributed by atoms with Crippen molar-refractivity contribution in [2.75, 3.05) is 5.32 Å². The summed E-state index contributed by atoms with van der Waals surface area (Å²) >= 11 is 0. The van der Waals surface area contributed by atoms with E-state index in [0.717, 1.165) is 18.2 Å². The van der Waals surface area contributed by atoms with Crippen LogP contribution < -0.4 is 5.32 Å². The number of hydrogen-bond donors (Lipinski definition) is 2. The van der Waals surface area contributed by atoms with Gasteiger partial charge in [0.25, 0.3) is 0 Å². The number of rotatable bonds is 4. The van der Waals surface area contributed by atoms with Gasteiger partial charge in [-0.25, -0.2) is 8.78 Å². The first-order valence-electron chi connectivity index (χ1n) is 4.94. The number of anilines is 1. The molecule has 17 heavy (non-hydrogen) atoms. The Hall–Kier alpha value is -1.98. The Balaban J connectivity index is 2.80. The maximum atomic E-state index is 12.8. The molecule has 1 unspecified atom stereocenters. The van der Waals surface area contributed by atoms with E-state index in [-0.39, 0.29) is 12.1 Å². The Morgan fingerprint density at radius 3 is 2.47 bits per heavy atom. The van der Waals surface area contributed by atoms with Crippen molar-refractivity contribution in [1.82, 2.24) is 0 Å². The van der Waals surface area contributed by atoms with Gasteiger partial charge in [0, 0.05) is 11.8 Å². The van der Waals surface area contributed by atoms with Crippen molar-refractivity contribution in [3.05, 3.63) is 29.8 Å². The molecule has 0 radical (unpaired) electrons. The molecule has 0 aromatic heterocycles. The molecule has 2 N–H and O–H groups in total. The summed E-state index contributed by atoms with van der Waals surface area (Å²) in [5.41, 5.74) is 0.0219. The van der Waals surface area contributed by atoms with Crippen molar-refractivity contribution in [3.63, 3.8) is 0 Å². The topological polar surface area (TPSA) is 66.4 Å². The normalized spacial score (nSPS) is 11.9. The number of carbonyl (C=O) groups excluding carboxylic acids is 1. The second kappa shape index (κ2) is 5.38. The molecule has 1 aromatic rings. The Morgan fingerprint density at radius 2 is 2.00 bits per heavy atom. The smallest absolute Gasteiger partial charge is 0.316 e. The molecule has 6 heteroatoms. The largest absolute Gasteiger partial charge is 0.481 e. The van der Waals surface area contributed by atoms with E-state index < -0.39 is 29.4 Å². The fraction of sp³-hybridized carbons (Fsp3) is 0.273. The highest BCUT2D eigenvalue weighted by Crippen LogP contribution is 2.15. The van der Waals surface area contributed by atoms with E-state index in [1.54, 1.807) is 6.92 Å². The van der Waals surface area contributed by atoms with Crippen LogP contribution in [0.2, 0.25) is 0 Å². The van der Waals surface area contributed by atoms with Crippen LogP contribution in [0.4, 0.5) is 14.5 Å². The minimum atomic E-state index is -1.26. The van der Waals surface area contributed by atoms with Gasteiger partial charge in [-0.1, -0.05) is 6.92 Å². The van der Waals surface area contributed by atoms with E-state index in [1.807, 2.05) is 0 Å². The number of hydrogen-bond acceptors (Lipinski definition) is 2. The summed E-state index contributed by atoms with van der Waals surface area (Å²) in [5, 5.41) is 10.9. The van der Waals surface area contributed by atoms with Crippen LogP contribution in [0.5, 0.6) is 0 Å². The molecule has 0 fully saturated rings. The van der Waals surface area contributed by atoms with Gasteiger partial charge in [-0.15, -0.1) is 0 Å². The Morgan fingerprint density at radius 1 is 1.35 bits per heavy atom. The third-order valence-electron chi connectivity index (χ3n) is 2.21. The molecule has 1 atom stereocenters. The van der Waals surface area contributed by atoms with Crippen molar-refractivity contribution >= 4 is 17.6 Å². The molecule has 0 spiro atoms. The van der Waals surface area contributed by atoms with Crippen LogP contribution >= 0.6 is 0 Å². The van der Waals surface area contributed by atoms with Crippen LogP contribution in [0.25, 0.3) is 0 Å². The summed E-state index contributed by atoms with van der Waals surface area (Å²) < 4.78 is 25.4. The second-order valence-electron chi connectivity index (χ2n) is 3.42. The lowest BCUT2D eigenvalue weighted by Gasteiger charge is -2.10. The van der Waals surface area contributed by atoms with Gasteiger partial charge >= 0.3 is 5.97 Å². The van der Waals surface area contributed by atoms with Crippen molar-refractivity contribution in [2.45, 2.75) is 13.3 Å². The van der Waals surface area contributed by atoms with Gasteiger partial charge in [-0.2, -0.15) is 0 Å². The first-order chi connectivity index (χ1) is 7.95. The Labute approximate surface area is 96.3 Å². The fourth-order valence-electron chi connectivity index (χ4n) is 1.28. The lowest BCUT2D eigenvalue weighted by Crippen LogP contribution is -2.28. The van der Waals surface area contributed by atoms with E-state index in [4.69, 9.17) is 5.11 Å². The number of carbonyl (C=O) groups is 2. The van der Waals surface area contributed by atoms with E-state index >= 15 is 0 Å². The first-order valence-corrected chi connectivity index (χ1v) is 4.94. The molecule has 0 aliphatic heterocycles. The van der Waals surface area contributed by atoms with Crippen LogP contribution in [0.1, 0.15) is 13.3 Å². The third kappa shape index (κ3) is 3.24. The van der Waals surface area contributed by atoms with E-state index in [0.29, 0.717) is 0 Å². The van der Waals surface area contributed by atoms with Gasteiger partial charge in [-0.05, 0) is 18.6 Å². The number of benzene rings is 1. The molecule has 0 bridgehead atoms. The monoisotopic (exact) mass is 243 g/mol. The van der Waals surface area contributed by atoms with Crippen molar-refractivity contribution < 1.29 is 23.5 Å². The number of carboxylic acids is 1. The first kappa shape index (κ1) is 13.1. The highest BCUT2D eigenvalue weighted by molar-refractivity contribution is 6.04. The quantitative estimate of drug-likeness (QED) is 0.795. The predicted octanol–water partition coefficient (Wildman–Crippen LogP) is 2.01. The number of nitrogens with one attached hydrogen (secondary N) is 1. The molecule has 1 aromatic carbocycles. The summed E-state index contributed by atoms with van der Waals surface area (Å²) in [7, 11) is 0. The SMILES string of the molecule is CCC(C(=O)O)C(=O)Nc1ccc(F)c(F)c1. The standard InChI is InChI=1S/C11H11F2NO3/c1-2-7(11(16)17)10(15)14-6-3-4-8(12)9(13)5-6/h3-5,7H,2H2,1H3,(H,14,15)(H,16,17). The van der Waals surface area contributed by atoms with Gasteiger partial charge in [-0.3, -0.25) is 9.59 Å². The molecule has 1 amide bonds. The zero-order valence-corrected chi connectivity index (χ0v) is 9.04. The van der Waals surface area contributed by atoms with Gasteiger partial charge in [0.1, 0.15) is 5.92 Å². The number of aliphatic carboxylic acids is 1. The van der Waals surface area contributed by atoms with Gasteiger partial charge < -0.3 is 10.4 Å². The molecule has 0 aliphatic carbocycles. The summed E-state index contributed by atoms with van der Waals surface area (Å²) in [6, 6.07) is 2.80. The number of amides is 1. The van der Waals surface area contributed by atoms with Gasteiger partial charge in [0.05, 0.1) is 0 Å². The number of carboxylic acid groups (broad SMARTS) is 1. The fourth-order valence-corrected chi connectivity index (χ4v) is 1.28. The van der Waals surface area contributed by atoms with E-state index in [9.17, 15) is 18.4 Å². The van der Waals surface area contributed by atoms with Crippen molar-refractivity contribution in [3.8, 4) is 0 Å². The molecule has 4 nitrogen and oxygen atoms in total. The molecule has 0 heterocycles. The lowest BCUT2D eigenvalue weighted by atomic mass is 10.1. The van der Waals surface area contributed by atoms with Crippen LogP contribution in [-0.4, -0.2) is 17.0 Å². The summed E-state index contributed by atoms with van der Waals surface area (Å²) in [6.07, 6.45) is 0.116. The Kier molecular flexibility index (Phi) is 4.14. The highest BCUT2D eigenvalue weighted by Gasteiger charge is 2.24. The average Bonchev–Trinajstić information content (AvgIpc) is 2.24. The van der Waals surface area contributed by atoms with Crippen LogP contribution in [0.3, 0.4) is 0 Å². The molecule has 92 valence electrons. The van der Waals surface area contributed by atoms with Crippen LogP contribution in [0.15, 0.2) is 18.2 Å². The Bertz CT molecular complexity index is 448. The lowest BCUT2D eigenvalue weighted by molar-refractivity contribution is -0.145.